The molecule has 1 aliphatic carbocycles. The zero-order chi connectivity index (χ0) is 18.0. The molecule has 0 saturated heterocycles. The number of nitrogens with one attached hydrogen (secondary N) is 2. The van der Waals surface area contributed by atoms with E-state index >= 15 is 0 Å². The highest BCUT2D eigenvalue weighted by Gasteiger charge is 2.20. The fraction of sp³-hybridized carbons (Fsp3) is 0.235. The number of rotatable bonds is 5. The van der Waals surface area contributed by atoms with Gasteiger partial charge in [0.15, 0.2) is 0 Å². The minimum Gasteiger partial charge on any atom is -0.352 e. The standard InChI is InChI=1S/C17H16ClFN4OS/c18-11-7-13-14(8-12(11)19)23-16(22-13)9-2-3-15(25)10(6-9)17(24)21-5-1-4-20/h2,6-8H,1,3-5,20H2,(H,21,24)(H,22,23). The Hall–Kier alpha value is -2.09. The first-order valence-corrected chi connectivity index (χ1v) is 8.56. The van der Waals surface area contributed by atoms with Gasteiger partial charge in [0.05, 0.1) is 21.6 Å². The maximum atomic E-state index is 13.6. The van der Waals surface area contributed by atoms with Crippen LogP contribution in [0.1, 0.15) is 18.7 Å². The Bertz CT molecular complexity index is 880. The zero-order valence-electron chi connectivity index (χ0n) is 13.2. The van der Waals surface area contributed by atoms with Crippen LogP contribution < -0.4 is 11.1 Å². The molecule has 1 aromatic heterocycles. The van der Waals surface area contributed by atoms with Gasteiger partial charge in [0.1, 0.15) is 11.6 Å². The van der Waals surface area contributed by atoms with Gasteiger partial charge in [-0.15, -0.1) is 0 Å². The van der Waals surface area contributed by atoms with Crippen LogP contribution in [0.4, 0.5) is 4.39 Å². The van der Waals surface area contributed by atoms with Gasteiger partial charge in [-0.25, -0.2) is 9.37 Å². The Morgan fingerprint density at radius 2 is 2.28 bits per heavy atom. The van der Waals surface area contributed by atoms with Crippen molar-refractivity contribution in [1.29, 1.82) is 0 Å². The number of aromatic nitrogens is 2. The van der Waals surface area contributed by atoms with Gasteiger partial charge in [0, 0.05) is 29.5 Å². The number of nitrogens with two attached hydrogens (primary N) is 1. The SMILES string of the molecule is NCCCNC(=O)C1=CC(c2nc3cc(Cl)c(F)cc3[nH]2)=CCC1=S. The van der Waals surface area contributed by atoms with Crippen molar-refractivity contribution in [2.24, 2.45) is 5.73 Å². The highest BCUT2D eigenvalue weighted by molar-refractivity contribution is 7.81. The number of allylic oxidation sites excluding steroid dienone is 3. The minimum atomic E-state index is -0.515. The number of carbonyl (C=O) groups excluding carboxylic acids is 1. The third-order valence-corrected chi connectivity index (χ3v) is 4.49. The van der Waals surface area contributed by atoms with Crippen LogP contribution in [0.2, 0.25) is 5.02 Å². The summed E-state index contributed by atoms with van der Waals surface area (Å²) in [6, 6.07) is 2.76. The van der Waals surface area contributed by atoms with Gasteiger partial charge in [0.25, 0.3) is 5.91 Å². The molecule has 0 bridgehead atoms. The normalized spacial score (nSPS) is 14.4. The molecule has 3 rings (SSSR count). The Labute approximate surface area is 154 Å². The van der Waals surface area contributed by atoms with Crippen molar-refractivity contribution < 1.29 is 9.18 Å². The lowest BCUT2D eigenvalue weighted by Crippen LogP contribution is -2.30. The topological polar surface area (TPSA) is 83.8 Å². The van der Waals surface area contributed by atoms with Gasteiger partial charge in [-0.2, -0.15) is 0 Å². The fourth-order valence-corrected chi connectivity index (χ4v) is 2.90. The molecule has 2 aromatic rings. The lowest BCUT2D eigenvalue weighted by Gasteiger charge is -2.14. The number of aromatic amines is 1. The van der Waals surface area contributed by atoms with Crippen molar-refractivity contribution in [3.05, 3.63) is 46.5 Å². The van der Waals surface area contributed by atoms with E-state index in [0.717, 1.165) is 5.57 Å². The molecule has 8 heteroatoms. The average Bonchev–Trinajstić information content (AvgIpc) is 2.98. The molecule has 0 atom stereocenters. The second kappa shape index (κ2) is 7.43. The second-order valence-electron chi connectivity index (χ2n) is 5.61. The maximum Gasteiger partial charge on any atom is 0.252 e. The van der Waals surface area contributed by atoms with Crippen molar-refractivity contribution in [2.75, 3.05) is 13.1 Å². The van der Waals surface area contributed by atoms with Gasteiger partial charge >= 0.3 is 0 Å². The Kier molecular flexibility index (Phi) is 5.27. The number of amides is 1. The summed E-state index contributed by atoms with van der Waals surface area (Å²) in [4.78, 5) is 20.3. The van der Waals surface area contributed by atoms with E-state index in [2.05, 4.69) is 15.3 Å². The first kappa shape index (κ1) is 17.7. The van der Waals surface area contributed by atoms with Crippen molar-refractivity contribution in [2.45, 2.75) is 12.8 Å². The molecular weight excluding hydrogens is 363 g/mol. The highest BCUT2D eigenvalue weighted by atomic mass is 35.5. The summed E-state index contributed by atoms with van der Waals surface area (Å²) >= 11 is 11.1. The largest absolute Gasteiger partial charge is 0.352 e. The van der Waals surface area contributed by atoms with Gasteiger partial charge in [-0.1, -0.05) is 29.9 Å². The number of thiocarbonyl (C=S) groups is 1. The summed E-state index contributed by atoms with van der Waals surface area (Å²) in [7, 11) is 0. The van der Waals surface area contributed by atoms with Crippen LogP contribution in [0, 0.1) is 5.82 Å². The number of fused-ring (bicyclic) bond motifs is 1. The molecule has 1 amide bonds. The molecule has 1 aromatic carbocycles. The van der Waals surface area contributed by atoms with Crippen molar-refractivity contribution in [3.8, 4) is 0 Å². The molecule has 25 heavy (non-hydrogen) atoms. The van der Waals surface area contributed by atoms with E-state index in [1.807, 2.05) is 6.08 Å². The van der Waals surface area contributed by atoms with E-state index < -0.39 is 5.82 Å². The van der Waals surface area contributed by atoms with Gasteiger partial charge < -0.3 is 16.0 Å². The molecule has 0 spiro atoms. The summed E-state index contributed by atoms with van der Waals surface area (Å²) in [5, 5.41) is 2.81. The molecule has 1 aliphatic rings. The highest BCUT2D eigenvalue weighted by Crippen LogP contribution is 2.27. The average molecular weight is 379 g/mol. The predicted molar refractivity (Wildman–Crippen MR) is 101 cm³/mol. The summed E-state index contributed by atoms with van der Waals surface area (Å²) in [5.74, 6) is -0.209. The number of imidazole rings is 1. The fourth-order valence-electron chi connectivity index (χ4n) is 2.51. The number of H-pyrrole nitrogens is 1. The van der Waals surface area contributed by atoms with Crippen molar-refractivity contribution in [1.82, 2.24) is 15.3 Å². The lowest BCUT2D eigenvalue weighted by molar-refractivity contribution is -0.116. The minimum absolute atomic E-state index is 0.0138. The molecular formula is C17H16ClFN4OS. The quantitative estimate of drug-likeness (QED) is 0.551. The summed E-state index contributed by atoms with van der Waals surface area (Å²) < 4.78 is 13.6. The van der Waals surface area contributed by atoms with E-state index in [1.165, 1.54) is 12.1 Å². The number of benzene rings is 1. The van der Waals surface area contributed by atoms with Crippen LogP contribution in [0.5, 0.6) is 0 Å². The van der Waals surface area contributed by atoms with Crippen LogP contribution >= 0.6 is 23.8 Å². The van der Waals surface area contributed by atoms with E-state index in [4.69, 9.17) is 29.6 Å². The van der Waals surface area contributed by atoms with Crippen LogP contribution in [0.3, 0.4) is 0 Å². The summed E-state index contributed by atoms with van der Waals surface area (Å²) in [6.07, 6.45) is 4.74. The van der Waals surface area contributed by atoms with E-state index in [1.54, 1.807) is 6.08 Å². The van der Waals surface area contributed by atoms with Gasteiger partial charge in [0.2, 0.25) is 0 Å². The molecule has 5 nitrogen and oxygen atoms in total. The molecule has 4 N–H and O–H groups in total. The van der Waals surface area contributed by atoms with Crippen LogP contribution in [-0.4, -0.2) is 33.8 Å². The molecule has 0 fully saturated rings. The number of halogens is 2. The maximum absolute atomic E-state index is 13.6. The van der Waals surface area contributed by atoms with Crippen LogP contribution in [0.25, 0.3) is 16.6 Å². The lowest BCUT2D eigenvalue weighted by atomic mass is 9.98. The summed E-state index contributed by atoms with van der Waals surface area (Å²) in [6.45, 7) is 1.00. The molecule has 0 unspecified atom stereocenters. The Balaban J connectivity index is 1.89. The third kappa shape index (κ3) is 3.78. The molecule has 130 valence electrons. The first-order chi connectivity index (χ1) is 12.0. The van der Waals surface area contributed by atoms with E-state index in [9.17, 15) is 9.18 Å². The Morgan fingerprint density at radius 3 is 3.04 bits per heavy atom. The summed E-state index contributed by atoms with van der Waals surface area (Å²) in [5.41, 5.74) is 7.68. The van der Waals surface area contributed by atoms with Crippen molar-refractivity contribution >= 4 is 51.2 Å². The number of hydrogen-bond donors (Lipinski definition) is 3. The predicted octanol–water partition coefficient (Wildman–Crippen LogP) is 2.90. The third-order valence-electron chi connectivity index (χ3n) is 3.82. The zero-order valence-corrected chi connectivity index (χ0v) is 14.8. The van der Waals surface area contributed by atoms with Crippen molar-refractivity contribution in [3.63, 3.8) is 0 Å². The van der Waals surface area contributed by atoms with E-state index in [0.29, 0.717) is 53.2 Å². The molecule has 0 saturated carbocycles. The number of nitrogens with zero attached hydrogens (tertiary/aromatic N) is 1. The second-order valence-corrected chi connectivity index (χ2v) is 6.51. The molecule has 1 heterocycles. The first-order valence-electron chi connectivity index (χ1n) is 7.78. The Morgan fingerprint density at radius 1 is 1.48 bits per heavy atom. The molecule has 0 aliphatic heterocycles. The van der Waals surface area contributed by atoms with Gasteiger partial charge in [-0.05, 0) is 25.1 Å². The number of carbonyl (C=O) groups is 1. The van der Waals surface area contributed by atoms with E-state index in [-0.39, 0.29) is 10.9 Å². The van der Waals surface area contributed by atoms with Crippen LogP contribution in [0.15, 0.2) is 29.9 Å². The van der Waals surface area contributed by atoms with Gasteiger partial charge in [-0.3, -0.25) is 4.79 Å². The monoisotopic (exact) mass is 378 g/mol. The number of hydrogen-bond acceptors (Lipinski definition) is 4. The molecule has 0 radical (unpaired) electrons. The smallest absolute Gasteiger partial charge is 0.252 e. The van der Waals surface area contributed by atoms with Crippen LogP contribution in [-0.2, 0) is 4.79 Å².